The van der Waals surface area contributed by atoms with E-state index in [4.69, 9.17) is 4.74 Å². The number of fused-ring (bicyclic) bond motifs is 3. The van der Waals surface area contributed by atoms with Crippen LogP contribution in [-0.4, -0.2) is 29.0 Å². The second-order valence-corrected chi connectivity index (χ2v) is 10.6. The van der Waals surface area contributed by atoms with E-state index < -0.39 is 46.9 Å². The highest BCUT2D eigenvalue weighted by molar-refractivity contribution is 14.1. The second kappa shape index (κ2) is 7.66. The Balaban J connectivity index is 1.56. The van der Waals surface area contributed by atoms with Gasteiger partial charge in [-0.25, -0.2) is 4.90 Å². The Labute approximate surface area is 215 Å². The van der Waals surface area contributed by atoms with Crippen LogP contribution in [-0.2, 0) is 14.3 Å². The number of rotatable bonds is 2. The molecule has 3 aliphatic rings. The van der Waals surface area contributed by atoms with E-state index in [9.17, 15) is 19.2 Å². The Morgan fingerprint density at radius 1 is 0.829 bits per heavy atom. The highest BCUT2D eigenvalue weighted by atomic mass is 127. The predicted octanol–water partition coefficient (Wildman–Crippen LogP) is 4.60. The van der Waals surface area contributed by atoms with Crippen LogP contribution in [0.1, 0.15) is 43.5 Å². The van der Waals surface area contributed by atoms with Crippen LogP contribution in [0.3, 0.4) is 0 Å². The third-order valence-electron chi connectivity index (χ3n) is 7.29. The molecule has 2 fully saturated rings. The van der Waals surface area contributed by atoms with E-state index in [0.29, 0.717) is 11.3 Å². The van der Waals surface area contributed by atoms with Gasteiger partial charge in [-0.2, -0.15) is 0 Å². The molecule has 2 aliphatic heterocycles. The molecule has 0 unspecified atom stereocenters. The number of Topliss-reactive ketones (excluding diaryl/α,β-unsaturated/α-hetero) is 2. The summed E-state index contributed by atoms with van der Waals surface area (Å²) in [6, 6.07) is 19.4. The first kappa shape index (κ1) is 22.3. The smallest absolute Gasteiger partial charge is 0.241 e. The minimum atomic E-state index is -2.06. The van der Waals surface area contributed by atoms with E-state index in [0.717, 1.165) is 19.6 Å². The number of benzene rings is 3. The van der Waals surface area contributed by atoms with Crippen molar-refractivity contribution >= 4 is 51.7 Å². The zero-order valence-electron chi connectivity index (χ0n) is 18.9. The van der Waals surface area contributed by atoms with E-state index in [-0.39, 0.29) is 11.1 Å². The summed E-state index contributed by atoms with van der Waals surface area (Å²) in [5, 5.41) is 0. The van der Waals surface area contributed by atoms with Crippen molar-refractivity contribution in [3.05, 3.63) is 98.1 Å². The summed E-state index contributed by atoms with van der Waals surface area (Å²) in [6.07, 6.45) is -0.913. The lowest BCUT2D eigenvalue weighted by Crippen LogP contribution is -2.51. The molecule has 7 heteroatoms. The largest absolute Gasteiger partial charge is 0.349 e. The first-order valence-electron chi connectivity index (χ1n) is 11.3. The van der Waals surface area contributed by atoms with E-state index in [2.05, 4.69) is 22.6 Å². The van der Waals surface area contributed by atoms with Crippen molar-refractivity contribution in [1.29, 1.82) is 0 Å². The molecule has 174 valence electrons. The number of anilines is 1. The van der Waals surface area contributed by atoms with Gasteiger partial charge in [0.25, 0.3) is 0 Å². The van der Waals surface area contributed by atoms with Gasteiger partial charge in [-0.05, 0) is 65.8 Å². The third-order valence-corrected chi connectivity index (χ3v) is 7.96. The molecule has 0 bridgehead atoms. The van der Waals surface area contributed by atoms with E-state index >= 15 is 0 Å². The van der Waals surface area contributed by atoms with Gasteiger partial charge in [0.2, 0.25) is 29.0 Å². The number of halogens is 1. The van der Waals surface area contributed by atoms with Gasteiger partial charge in [-0.1, -0.05) is 54.1 Å². The Morgan fingerprint density at radius 3 is 2.14 bits per heavy atom. The van der Waals surface area contributed by atoms with Crippen molar-refractivity contribution in [3.8, 4) is 0 Å². The number of amides is 2. The Kier molecular flexibility index (Phi) is 4.88. The zero-order chi connectivity index (χ0) is 24.6. The second-order valence-electron chi connectivity index (χ2n) is 9.34. The van der Waals surface area contributed by atoms with Gasteiger partial charge in [0.05, 0.1) is 23.6 Å². The molecule has 0 saturated carbocycles. The van der Waals surface area contributed by atoms with E-state index in [1.165, 1.54) is 0 Å². The van der Waals surface area contributed by atoms with Crippen molar-refractivity contribution in [2.45, 2.75) is 25.6 Å². The van der Waals surface area contributed by atoms with Crippen molar-refractivity contribution in [2.24, 2.45) is 11.8 Å². The van der Waals surface area contributed by atoms with Gasteiger partial charge in [-0.3, -0.25) is 19.2 Å². The predicted molar refractivity (Wildman–Crippen MR) is 136 cm³/mol. The molecular weight excluding hydrogens is 557 g/mol. The van der Waals surface area contributed by atoms with Crippen LogP contribution in [0.15, 0.2) is 66.7 Å². The average Bonchev–Trinajstić information content (AvgIpc) is 3.40. The van der Waals surface area contributed by atoms with Crippen molar-refractivity contribution in [3.63, 3.8) is 0 Å². The number of hydrogen-bond acceptors (Lipinski definition) is 5. The van der Waals surface area contributed by atoms with E-state index in [1.807, 2.05) is 44.2 Å². The third kappa shape index (κ3) is 2.91. The summed E-state index contributed by atoms with van der Waals surface area (Å²) in [5.41, 5.74) is 1.28. The summed E-state index contributed by atoms with van der Waals surface area (Å²) in [6.45, 7) is 3.77. The maximum absolute atomic E-state index is 14.0. The maximum atomic E-state index is 14.0. The number of carbonyl (C=O) groups excluding carboxylic acids is 4. The molecule has 0 aromatic heterocycles. The zero-order valence-corrected chi connectivity index (χ0v) is 21.1. The first-order valence-corrected chi connectivity index (χ1v) is 12.4. The molecule has 2 amide bonds. The lowest BCUT2D eigenvalue weighted by atomic mass is 9.77. The minimum Gasteiger partial charge on any atom is -0.349 e. The number of nitrogens with zero attached hydrogens (tertiary/aromatic N) is 1. The summed E-state index contributed by atoms with van der Waals surface area (Å²) in [7, 11) is 0. The molecule has 3 aromatic carbocycles. The normalized spacial score (nSPS) is 24.4. The lowest BCUT2D eigenvalue weighted by molar-refractivity contribution is -0.127. The van der Waals surface area contributed by atoms with Crippen LogP contribution < -0.4 is 4.90 Å². The highest BCUT2D eigenvalue weighted by Crippen LogP contribution is 2.57. The van der Waals surface area contributed by atoms with Gasteiger partial charge in [0.15, 0.2) is 0 Å². The molecule has 1 spiro atoms. The Hall–Kier alpha value is -3.17. The highest BCUT2D eigenvalue weighted by Gasteiger charge is 2.74. The standard InChI is InChI=1S/C28H20INO5/c1-14-10-11-20(15(2)12-14)30-26(33)21-22(27(30)34)28(35-23(21)16-6-5-7-17(29)13-16)24(31)18-8-3-4-9-19(18)25(28)32/h3-13,21-23H,1-2H3/t21-,22-,23-/m0/s1. The molecule has 6 rings (SSSR count). The molecule has 6 nitrogen and oxygen atoms in total. The number of ketones is 2. The summed E-state index contributed by atoms with van der Waals surface area (Å²) in [5.74, 6) is -4.37. The molecule has 0 N–H and O–H groups in total. The minimum absolute atomic E-state index is 0.227. The van der Waals surface area contributed by atoms with Crippen LogP contribution in [0.2, 0.25) is 0 Å². The van der Waals surface area contributed by atoms with Crippen molar-refractivity contribution < 1.29 is 23.9 Å². The number of imide groups is 1. The van der Waals surface area contributed by atoms with Crippen LogP contribution in [0, 0.1) is 29.3 Å². The molecule has 3 atom stereocenters. The molecule has 3 aromatic rings. The van der Waals surface area contributed by atoms with Gasteiger partial charge in [0, 0.05) is 14.7 Å². The summed E-state index contributed by atoms with van der Waals surface area (Å²) < 4.78 is 7.24. The Morgan fingerprint density at radius 2 is 1.51 bits per heavy atom. The van der Waals surface area contributed by atoms with Crippen LogP contribution in [0.25, 0.3) is 0 Å². The molecule has 0 radical (unpaired) electrons. The number of hydrogen-bond donors (Lipinski definition) is 0. The quantitative estimate of drug-likeness (QED) is 0.253. The van der Waals surface area contributed by atoms with Crippen molar-refractivity contribution in [2.75, 3.05) is 4.90 Å². The fraction of sp³-hybridized carbons (Fsp3) is 0.214. The Bertz CT molecular complexity index is 1440. The molecule has 1 aliphatic carbocycles. The molecule has 35 heavy (non-hydrogen) atoms. The monoisotopic (exact) mass is 577 g/mol. The SMILES string of the molecule is Cc1ccc(N2C(=O)[C@H]3[C@@H](C2=O)C2(O[C@H]3c3cccc(I)c3)C(=O)c3ccccc3C2=O)c(C)c1. The first-order chi connectivity index (χ1) is 16.8. The molecule has 2 saturated heterocycles. The topological polar surface area (TPSA) is 80.8 Å². The summed E-state index contributed by atoms with van der Waals surface area (Å²) >= 11 is 2.16. The van der Waals surface area contributed by atoms with Gasteiger partial charge in [-0.15, -0.1) is 0 Å². The van der Waals surface area contributed by atoms with Crippen LogP contribution >= 0.6 is 22.6 Å². The maximum Gasteiger partial charge on any atom is 0.241 e. The average molecular weight is 577 g/mol. The van der Waals surface area contributed by atoms with Crippen LogP contribution in [0.5, 0.6) is 0 Å². The molecule has 2 heterocycles. The fourth-order valence-electron chi connectivity index (χ4n) is 5.80. The lowest BCUT2D eigenvalue weighted by Gasteiger charge is -2.27. The number of ether oxygens (including phenoxy) is 1. The van der Waals surface area contributed by atoms with Gasteiger partial charge < -0.3 is 4.74 Å². The fourth-order valence-corrected chi connectivity index (χ4v) is 6.36. The summed E-state index contributed by atoms with van der Waals surface area (Å²) in [4.78, 5) is 56.7. The van der Waals surface area contributed by atoms with Gasteiger partial charge >= 0.3 is 0 Å². The van der Waals surface area contributed by atoms with Crippen LogP contribution in [0.4, 0.5) is 5.69 Å². The molecular formula is C28H20INO5. The van der Waals surface area contributed by atoms with Crippen molar-refractivity contribution in [1.82, 2.24) is 0 Å². The number of aryl methyl sites for hydroxylation is 2. The number of carbonyl (C=O) groups is 4. The van der Waals surface area contributed by atoms with E-state index in [1.54, 1.807) is 36.4 Å². The van der Waals surface area contributed by atoms with Gasteiger partial charge in [0.1, 0.15) is 0 Å².